The molecular weight excluding hydrogens is 258 g/mol. The topological polar surface area (TPSA) is 36.9 Å². The van der Waals surface area contributed by atoms with Gasteiger partial charge in [0.1, 0.15) is 11.7 Å². The Morgan fingerprint density at radius 1 is 1.05 bits per heavy atom. The lowest BCUT2D eigenvalue weighted by Crippen LogP contribution is -2.14. The lowest BCUT2D eigenvalue weighted by Gasteiger charge is -2.21. The van der Waals surface area contributed by atoms with Crippen LogP contribution >= 0.6 is 0 Å². The van der Waals surface area contributed by atoms with Crippen molar-refractivity contribution < 1.29 is 4.42 Å². The summed E-state index contributed by atoms with van der Waals surface area (Å²) in [5.41, 5.74) is 4.26. The first-order chi connectivity index (χ1) is 9.59. The molecule has 2 nitrogen and oxygen atoms in total. The molecule has 21 heavy (non-hydrogen) atoms. The Bertz CT molecular complexity index is 715. The molecule has 0 radical (unpaired) electrons. The molecule has 0 atom stereocenters. The van der Waals surface area contributed by atoms with Crippen LogP contribution in [0, 0.1) is 11.3 Å². The average molecular weight is 283 g/mol. The Morgan fingerprint density at radius 2 is 1.67 bits per heavy atom. The number of hydrogen-bond donors (Lipinski definition) is 0. The van der Waals surface area contributed by atoms with E-state index < -0.39 is 0 Å². The van der Waals surface area contributed by atoms with Crippen molar-refractivity contribution >= 4 is 11.0 Å². The van der Waals surface area contributed by atoms with Crippen molar-refractivity contribution in [2.45, 2.75) is 65.7 Å². The van der Waals surface area contributed by atoms with E-state index in [1.54, 1.807) is 0 Å². The van der Waals surface area contributed by atoms with Crippen molar-refractivity contribution in [3.8, 4) is 6.07 Å². The first-order valence-electron chi connectivity index (χ1n) is 7.60. The van der Waals surface area contributed by atoms with E-state index in [2.05, 4.69) is 66.7 Å². The van der Waals surface area contributed by atoms with E-state index in [9.17, 15) is 5.26 Å². The Hall–Kier alpha value is -1.75. The summed E-state index contributed by atoms with van der Waals surface area (Å²) in [5.74, 6) is 0.455. The van der Waals surface area contributed by atoms with E-state index in [0.717, 1.165) is 23.0 Å². The molecular formula is C19H25NO. The van der Waals surface area contributed by atoms with Gasteiger partial charge in [0.25, 0.3) is 0 Å². The fourth-order valence-electron chi connectivity index (χ4n) is 2.84. The van der Waals surface area contributed by atoms with Crippen molar-refractivity contribution in [1.82, 2.24) is 0 Å². The molecule has 0 N–H and O–H groups in total. The molecule has 1 aromatic carbocycles. The van der Waals surface area contributed by atoms with Crippen LogP contribution in [0.2, 0.25) is 0 Å². The molecule has 0 aliphatic heterocycles. The Labute approximate surface area is 127 Å². The second kappa shape index (κ2) is 4.91. The van der Waals surface area contributed by atoms with Gasteiger partial charge >= 0.3 is 0 Å². The monoisotopic (exact) mass is 283 g/mol. The number of benzene rings is 1. The van der Waals surface area contributed by atoms with Crippen LogP contribution in [-0.2, 0) is 17.3 Å². The van der Waals surface area contributed by atoms with Crippen LogP contribution in [0.25, 0.3) is 11.0 Å². The summed E-state index contributed by atoms with van der Waals surface area (Å²) in [6, 6.07) is 6.65. The quantitative estimate of drug-likeness (QED) is 0.696. The predicted molar refractivity (Wildman–Crippen MR) is 87.7 cm³/mol. The summed E-state index contributed by atoms with van der Waals surface area (Å²) in [7, 11) is 0. The first-order valence-corrected chi connectivity index (χ1v) is 7.60. The average Bonchev–Trinajstić information content (AvgIpc) is 2.73. The summed E-state index contributed by atoms with van der Waals surface area (Å²) in [5, 5.41) is 10.6. The highest BCUT2D eigenvalue weighted by Gasteiger charge is 2.29. The first kappa shape index (κ1) is 15.6. The smallest absolute Gasteiger partial charge is 0.208 e. The van der Waals surface area contributed by atoms with E-state index in [-0.39, 0.29) is 10.8 Å². The van der Waals surface area contributed by atoms with E-state index in [1.165, 1.54) is 11.1 Å². The zero-order valence-corrected chi connectivity index (χ0v) is 14.2. The molecule has 1 heterocycles. The van der Waals surface area contributed by atoms with E-state index >= 15 is 0 Å². The second-order valence-electron chi connectivity index (χ2n) is 7.79. The van der Waals surface area contributed by atoms with Crippen molar-refractivity contribution in [1.29, 1.82) is 5.26 Å². The van der Waals surface area contributed by atoms with Crippen molar-refractivity contribution in [3.05, 3.63) is 34.6 Å². The van der Waals surface area contributed by atoms with E-state index in [1.807, 2.05) is 0 Å². The third-order valence-corrected chi connectivity index (χ3v) is 3.92. The van der Waals surface area contributed by atoms with Crippen LogP contribution in [0.5, 0.6) is 0 Å². The summed E-state index contributed by atoms with van der Waals surface area (Å²) >= 11 is 0. The molecule has 0 spiro atoms. The van der Waals surface area contributed by atoms with Gasteiger partial charge in [-0.25, -0.2) is 0 Å². The molecule has 0 saturated heterocycles. The summed E-state index contributed by atoms with van der Waals surface area (Å²) in [6.07, 6.45) is 0.982. The highest BCUT2D eigenvalue weighted by Crippen LogP contribution is 2.40. The number of hydrogen-bond acceptors (Lipinski definition) is 2. The molecule has 0 amide bonds. The number of fused-ring (bicyclic) bond motifs is 1. The standard InChI is InChI=1S/C19H25NO/c1-8-12-9-13-16(19(5,6)7)15(11-20)21-17(13)14(10-12)18(2,3)4/h9-10H,8H2,1-7H3. The summed E-state index contributed by atoms with van der Waals surface area (Å²) < 4.78 is 5.97. The number of nitriles is 1. The van der Waals surface area contributed by atoms with Gasteiger partial charge in [0.2, 0.25) is 5.76 Å². The largest absolute Gasteiger partial charge is 0.445 e. The Balaban J connectivity index is 2.97. The maximum atomic E-state index is 9.46. The third-order valence-electron chi connectivity index (χ3n) is 3.92. The number of rotatable bonds is 1. The van der Waals surface area contributed by atoms with Crippen LogP contribution in [0.15, 0.2) is 16.5 Å². The van der Waals surface area contributed by atoms with E-state index in [4.69, 9.17) is 4.42 Å². The lowest BCUT2D eigenvalue weighted by atomic mass is 9.81. The van der Waals surface area contributed by atoms with Gasteiger partial charge in [-0.3, -0.25) is 0 Å². The minimum Gasteiger partial charge on any atom is -0.445 e. The molecule has 0 aliphatic carbocycles. The minimum absolute atomic E-state index is 0.0108. The molecule has 1 aromatic heterocycles. The van der Waals surface area contributed by atoms with Gasteiger partial charge in [0, 0.05) is 16.5 Å². The van der Waals surface area contributed by atoms with Crippen LogP contribution in [0.4, 0.5) is 0 Å². The van der Waals surface area contributed by atoms with Crippen LogP contribution in [0.3, 0.4) is 0 Å². The second-order valence-corrected chi connectivity index (χ2v) is 7.79. The van der Waals surface area contributed by atoms with Gasteiger partial charge in [-0.1, -0.05) is 54.5 Å². The van der Waals surface area contributed by atoms with Gasteiger partial charge in [0.15, 0.2) is 0 Å². The molecule has 0 fully saturated rings. The Kier molecular flexibility index (Phi) is 3.66. The van der Waals surface area contributed by atoms with Gasteiger partial charge in [-0.05, 0) is 28.9 Å². The van der Waals surface area contributed by atoms with Gasteiger partial charge in [-0.2, -0.15) is 5.26 Å². The van der Waals surface area contributed by atoms with Gasteiger partial charge in [0.05, 0.1) is 0 Å². The molecule has 112 valence electrons. The van der Waals surface area contributed by atoms with Crippen LogP contribution in [0.1, 0.15) is 70.9 Å². The maximum Gasteiger partial charge on any atom is 0.208 e. The lowest BCUT2D eigenvalue weighted by molar-refractivity contribution is 0.531. The zero-order valence-electron chi connectivity index (χ0n) is 14.2. The predicted octanol–water partition coefficient (Wildman–Crippen LogP) is 5.46. The van der Waals surface area contributed by atoms with Gasteiger partial charge in [-0.15, -0.1) is 0 Å². The molecule has 0 unspecified atom stereocenters. The summed E-state index contributed by atoms with van der Waals surface area (Å²) in [6.45, 7) is 15.1. The fraction of sp³-hybridized carbons (Fsp3) is 0.526. The van der Waals surface area contributed by atoms with E-state index in [0.29, 0.717) is 5.76 Å². The van der Waals surface area contributed by atoms with Crippen molar-refractivity contribution in [2.24, 2.45) is 0 Å². The molecule has 2 rings (SSSR count). The number of aryl methyl sites for hydroxylation is 1. The SMILES string of the molecule is CCc1cc(C(C)(C)C)c2oc(C#N)c(C(C)(C)C)c2c1. The van der Waals surface area contributed by atoms with Crippen LogP contribution in [-0.4, -0.2) is 0 Å². The zero-order chi connectivity index (χ0) is 16.0. The van der Waals surface area contributed by atoms with Crippen molar-refractivity contribution in [3.63, 3.8) is 0 Å². The number of nitrogens with zero attached hydrogens (tertiary/aromatic N) is 1. The highest BCUT2D eigenvalue weighted by atomic mass is 16.3. The highest BCUT2D eigenvalue weighted by molar-refractivity contribution is 5.88. The molecule has 2 aromatic rings. The molecule has 0 bridgehead atoms. The fourth-order valence-corrected chi connectivity index (χ4v) is 2.84. The van der Waals surface area contributed by atoms with Crippen molar-refractivity contribution in [2.75, 3.05) is 0 Å². The minimum atomic E-state index is -0.113. The number of furan rings is 1. The summed E-state index contributed by atoms with van der Waals surface area (Å²) in [4.78, 5) is 0. The Morgan fingerprint density at radius 3 is 2.10 bits per heavy atom. The molecule has 2 heteroatoms. The normalized spacial score (nSPS) is 12.7. The maximum absolute atomic E-state index is 9.46. The van der Waals surface area contributed by atoms with Crippen LogP contribution < -0.4 is 0 Å². The molecule has 0 saturated carbocycles. The third kappa shape index (κ3) is 2.70. The van der Waals surface area contributed by atoms with Gasteiger partial charge < -0.3 is 4.42 Å². The molecule has 0 aliphatic rings.